The molecule has 0 unspecified atom stereocenters. The van der Waals surface area contributed by atoms with Crippen molar-refractivity contribution in [3.05, 3.63) is 36.9 Å². The molecule has 0 saturated carbocycles. The highest BCUT2D eigenvalue weighted by Crippen LogP contribution is 2.19. The number of anilines is 2. The molecule has 1 aromatic carbocycles. The first-order valence-electron chi connectivity index (χ1n) is 6.61. The molecule has 0 spiro atoms. The van der Waals surface area contributed by atoms with Crippen molar-refractivity contribution in [1.82, 2.24) is 5.32 Å². The fraction of sp³-hybridized carbons (Fsp3) is 0.400. The topological polar surface area (TPSA) is 27.3 Å². The van der Waals surface area contributed by atoms with Crippen LogP contribution in [0.25, 0.3) is 0 Å². The standard InChI is InChI=1S/C15H23N3S/c1-5-11-16-15(19)17-13-7-9-14(10-8-13)18(6-2)12(3)4/h5,7-10,12H,1,6,11H2,2-4H3,(H2,16,17,19). The van der Waals surface area contributed by atoms with E-state index >= 15 is 0 Å². The van der Waals surface area contributed by atoms with Gasteiger partial charge in [-0.3, -0.25) is 0 Å². The highest BCUT2D eigenvalue weighted by molar-refractivity contribution is 7.80. The lowest BCUT2D eigenvalue weighted by molar-refractivity contribution is 0.704. The number of nitrogens with one attached hydrogen (secondary N) is 2. The monoisotopic (exact) mass is 277 g/mol. The summed E-state index contributed by atoms with van der Waals surface area (Å²) in [5, 5.41) is 6.80. The summed E-state index contributed by atoms with van der Waals surface area (Å²) < 4.78 is 0. The molecule has 4 heteroatoms. The van der Waals surface area contributed by atoms with Crippen LogP contribution in [0, 0.1) is 0 Å². The molecule has 3 nitrogen and oxygen atoms in total. The van der Waals surface area contributed by atoms with Crippen molar-refractivity contribution in [2.45, 2.75) is 26.8 Å². The number of thiocarbonyl (C=S) groups is 1. The van der Waals surface area contributed by atoms with Crippen molar-refractivity contribution in [2.24, 2.45) is 0 Å². The summed E-state index contributed by atoms with van der Waals surface area (Å²) in [6, 6.07) is 8.81. The van der Waals surface area contributed by atoms with Crippen LogP contribution in [0.5, 0.6) is 0 Å². The summed E-state index contributed by atoms with van der Waals surface area (Å²) in [6.07, 6.45) is 1.78. The molecular weight excluding hydrogens is 254 g/mol. The van der Waals surface area contributed by atoms with Crippen molar-refractivity contribution in [3.8, 4) is 0 Å². The minimum Gasteiger partial charge on any atom is -0.369 e. The maximum Gasteiger partial charge on any atom is 0.171 e. The fourth-order valence-corrected chi connectivity index (χ4v) is 2.12. The van der Waals surface area contributed by atoms with Gasteiger partial charge < -0.3 is 15.5 Å². The second-order valence-corrected chi connectivity index (χ2v) is 4.96. The van der Waals surface area contributed by atoms with E-state index in [0.717, 1.165) is 12.2 Å². The third kappa shape index (κ3) is 4.91. The molecule has 1 aromatic rings. The van der Waals surface area contributed by atoms with Crippen molar-refractivity contribution < 1.29 is 0 Å². The molecule has 104 valence electrons. The van der Waals surface area contributed by atoms with Gasteiger partial charge in [0.25, 0.3) is 0 Å². The highest BCUT2D eigenvalue weighted by Gasteiger charge is 2.07. The minimum atomic E-state index is 0.499. The van der Waals surface area contributed by atoms with Gasteiger partial charge >= 0.3 is 0 Å². The molecule has 0 heterocycles. The van der Waals surface area contributed by atoms with E-state index in [4.69, 9.17) is 12.2 Å². The summed E-state index contributed by atoms with van der Waals surface area (Å²) in [4.78, 5) is 2.35. The molecule has 0 aromatic heterocycles. The van der Waals surface area contributed by atoms with E-state index in [0.29, 0.717) is 17.7 Å². The van der Waals surface area contributed by atoms with Gasteiger partial charge in [-0.05, 0) is 57.3 Å². The first-order valence-corrected chi connectivity index (χ1v) is 7.01. The molecule has 0 aliphatic rings. The van der Waals surface area contributed by atoms with E-state index in [1.54, 1.807) is 6.08 Å². The number of benzene rings is 1. The third-order valence-electron chi connectivity index (χ3n) is 2.83. The zero-order valence-electron chi connectivity index (χ0n) is 11.9. The largest absolute Gasteiger partial charge is 0.369 e. The van der Waals surface area contributed by atoms with E-state index < -0.39 is 0 Å². The summed E-state index contributed by atoms with van der Waals surface area (Å²) in [6.45, 7) is 11.9. The van der Waals surface area contributed by atoms with Crippen LogP contribution in [0.1, 0.15) is 20.8 Å². The smallest absolute Gasteiger partial charge is 0.171 e. The average molecular weight is 277 g/mol. The molecule has 0 amide bonds. The maximum absolute atomic E-state index is 5.17. The Morgan fingerprint density at radius 2 is 2.00 bits per heavy atom. The Morgan fingerprint density at radius 3 is 2.47 bits per heavy atom. The predicted molar refractivity (Wildman–Crippen MR) is 89.0 cm³/mol. The number of nitrogens with zero attached hydrogens (tertiary/aromatic N) is 1. The van der Waals surface area contributed by atoms with Gasteiger partial charge in [-0.2, -0.15) is 0 Å². The molecule has 0 fully saturated rings. The molecule has 0 aliphatic carbocycles. The zero-order chi connectivity index (χ0) is 14.3. The van der Waals surface area contributed by atoms with Crippen LogP contribution < -0.4 is 15.5 Å². The van der Waals surface area contributed by atoms with Gasteiger partial charge in [0.1, 0.15) is 0 Å². The Hall–Kier alpha value is -1.55. The summed E-state index contributed by atoms with van der Waals surface area (Å²) >= 11 is 5.17. The van der Waals surface area contributed by atoms with Crippen molar-refractivity contribution in [3.63, 3.8) is 0 Å². The molecule has 0 bridgehead atoms. The van der Waals surface area contributed by atoms with Gasteiger partial charge in [-0.25, -0.2) is 0 Å². The predicted octanol–water partition coefficient (Wildman–Crippen LogP) is 3.39. The zero-order valence-corrected chi connectivity index (χ0v) is 12.8. The quantitative estimate of drug-likeness (QED) is 0.615. The Balaban J connectivity index is 2.65. The van der Waals surface area contributed by atoms with Crippen LogP contribution in [0.2, 0.25) is 0 Å². The van der Waals surface area contributed by atoms with E-state index in [-0.39, 0.29) is 0 Å². The van der Waals surface area contributed by atoms with E-state index in [9.17, 15) is 0 Å². The lowest BCUT2D eigenvalue weighted by atomic mass is 10.2. The van der Waals surface area contributed by atoms with E-state index in [1.165, 1.54) is 5.69 Å². The van der Waals surface area contributed by atoms with Crippen LogP contribution in [0.3, 0.4) is 0 Å². The van der Waals surface area contributed by atoms with Gasteiger partial charge in [0, 0.05) is 30.5 Å². The van der Waals surface area contributed by atoms with Crippen molar-refractivity contribution in [1.29, 1.82) is 0 Å². The Bertz CT molecular complexity index is 412. The highest BCUT2D eigenvalue weighted by atomic mass is 32.1. The van der Waals surface area contributed by atoms with Gasteiger partial charge in [0.2, 0.25) is 0 Å². The Kier molecular flexibility index (Phi) is 6.36. The van der Waals surface area contributed by atoms with Gasteiger partial charge in [0.15, 0.2) is 5.11 Å². The lowest BCUT2D eigenvalue weighted by Crippen LogP contribution is -2.30. The van der Waals surface area contributed by atoms with Crippen LogP contribution in [-0.4, -0.2) is 24.2 Å². The van der Waals surface area contributed by atoms with Crippen molar-refractivity contribution >= 4 is 28.7 Å². The summed E-state index contributed by atoms with van der Waals surface area (Å²) in [7, 11) is 0. The van der Waals surface area contributed by atoms with Crippen LogP contribution >= 0.6 is 12.2 Å². The molecule has 0 radical (unpaired) electrons. The fourth-order valence-electron chi connectivity index (χ4n) is 1.92. The summed E-state index contributed by atoms with van der Waals surface area (Å²) in [5.74, 6) is 0. The lowest BCUT2D eigenvalue weighted by Gasteiger charge is -2.27. The summed E-state index contributed by atoms with van der Waals surface area (Å²) in [5.41, 5.74) is 2.22. The molecular formula is C15H23N3S. The maximum atomic E-state index is 5.17. The molecule has 0 atom stereocenters. The molecule has 19 heavy (non-hydrogen) atoms. The Labute approximate surface area is 121 Å². The number of rotatable bonds is 6. The van der Waals surface area contributed by atoms with Gasteiger partial charge in [0.05, 0.1) is 0 Å². The second-order valence-electron chi connectivity index (χ2n) is 4.55. The van der Waals surface area contributed by atoms with E-state index in [1.807, 2.05) is 12.1 Å². The first-order chi connectivity index (χ1) is 9.08. The normalized spacial score (nSPS) is 10.1. The first kappa shape index (κ1) is 15.5. The molecule has 0 aliphatic heterocycles. The molecule has 2 N–H and O–H groups in total. The SMILES string of the molecule is C=CCNC(=S)Nc1ccc(N(CC)C(C)C)cc1. The number of hydrogen-bond acceptors (Lipinski definition) is 2. The average Bonchev–Trinajstić information content (AvgIpc) is 2.39. The number of hydrogen-bond donors (Lipinski definition) is 2. The van der Waals surface area contributed by atoms with E-state index in [2.05, 4.69) is 55.0 Å². The van der Waals surface area contributed by atoms with Gasteiger partial charge in [-0.1, -0.05) is 6.08 Å². The second kappa shape index (κ2) is 7.79. The minimum absolute atomic E-state index is 0.499. The van der Waals surface area contributed by atoms with Gasteiger partial charge in [-0.15, -0.1) is 6.58 Å². The molecule has 1 rings (SSSR count). The molecule has 0 saturated heterocycles. The Morgan fingerprint density at radius 1 is 1.37 bits per heavy atom. The van der Waals surface area contributed by atoms with Crippen LogP contribution in [-0.2, 0) is 0 Å². The third-order valence-corrected chi connectivity index (χ3v) is 3.07. The van der Waals surface area contributed by atoms with Crippen LogP contribution in [0.15, 0.2) is 36.9 Å². The van der Waals surface area contributed by atoms with Crippen LogP contribution in [0.4, 0.5) is 11.4 Å². The van der Waals surface area contributed by atoms with Crippen molar-refractivity contribution in [2.75, 3.05) is 23.3 Å².